The van der Waals surface area contributed by atoms with E-state index in [2.05, 4.69) is 5.32 Å². The van der Waals surface area contributed by atoms with Gasteiger partial charge in [0.2, 0.25) is 0 Å². The van der Waals surface area contributed by atoms with Crippen LogP contribution < -0.4 is 11.1 Å². The zero-order valence-corrected chi connectivity index (χ0v) is 9.10. The second-order valence-electron chi connectivity index (χ2n) is 4.04. The van der Waals surface area contributed by atoms with Crippen molar-refractivity contribution in [3.8, 4) is 0 Å². The van der Waals surface area contributed by atoms with Crippen LogP contribution in [-0.4, -0.2) is 12.1 Å². The molecule has 1 saturated carbocycles. The molecule has 0 bridgehead atoms. The van der Waals surface area contributed by atoms with E-state index in [1.807, 2.05) is 0 Å². The minimum absolute atomic E-state index is 0.259. The van der Waals surface area contributed by atoms with Gasteiger partial charge in [0, 0.05) is 12.1 Å². The van der Waals surface area contributed by atoms with Crippen LogP contribution in [0.15, 0.2) is 18.2 Å². The van der Waals surface area contributed by atoms with Gasteiger partial charge in [-0.15, -0.1) is 0 Å². The molecule has 3 N–H and O–H groups in total. The first-order valence-electron chi connectivity index (χ1n) is 5.12. The third kappa shape index (κ3) is 2.61. The largest absolute Gasteiger partial charge is 0.381 e. The Hall–Kier alpha value is -0.800. The standard InChI is InChI=1S/C11H14ClFN2/c12-10-4-1-7(13)5-11(10)15-9-3-2-8(14)6-9/h1,4-5,8-9,15H,2-3,6,14H2. The summed E-state index contributed by atoms with van der Waals surface area (Å²) in [5.74, 6) is -0.274. The first-order chi connectivity index (χ1) is 7.15. The first kappa shape index (κ1) is 10.7. The van der Waals surface area contributed by atoms with E-state index < -0.39 is 0 Å². The summed E-state index contributed by atoms with van der Waals surface area (Å²) in [5, 5.41) is 3.78. The van der Waals surface area contributed by atoms with E-state index in [1.165, 1.54) is 12.1 Å². The van der Waals surface area contributed by atoms with E-state index in [0.29, 0.717) is 16.8 Å². The second-order valence-corrected chi connectivity index (χ2v) is 4.45. The molecule has 0 spiro atoms. The molecular formula is C11H14ClFN2. The molecule has 1 aliphatic rings. The summed E-state index contributed by atoms with van der Waals surface area (Å²) in [6.07, 6.45) is 2.96. The Balaban J connectivity index is 2.07. The Morgan fingerprint density at radius 2 is 2.20 bits per heavy atom. The van der Waals surface area contributed by atoms with Crippen molar-refractivity contribution in [3.63, 3.8) is 0 Å². The van der Waals surface area contributed by atoms with Crippen molar-refractivity contribution in [2.24, 2.45) is 5.73 Å². The molecular weight excluding hydrogens is 215 g/mol. The quantitative estimate of drug-likeness (QED) is 0.817. The zero-order valence-electron chi connectivity index (χ0n) is 8.34. The van der Waals surface area contributed by atoms with Gasteiger partial charge in [0.15, 0.2) is 0 Å². The normalized spacial score (nSPS) is 25.5. The third-order valence-electron chi connectivity index (χ3n) is 2.76. The summed E-state index contributed by atoms with van der Waals surface area (Å²) >= 11 is 5.95. The number of hydrogen-bond donors (Lipinski definition) is 2. The summed E-state index contributed by atoms with van der Waals surface area (Å²) < 4.78 is 13.0. The van der Waals surface area contributed by atoms with Crippen LogP contribution in [0.4, 0.5) is 10.1 Å². The number of hydrogen-bond acceptors (Lipinski definition) is 2. The molecule has 82 valence electrons. The van der Waals surface area contributed by atoms with E-state index in [9.17, 15) is 4.39 Å². The molecule has 0 amide bonds. The Bertz CT molecular complexity index is 356. The van der Waals surface area contributed by atoms with Crippen LogP contribution >= 0.6 is 11.6 Å². The first-order valence-corrected chi connectivity index (χ1v) is 5.50. The fourth-order valence-corrected chi connectivity index (χ4v) is 2.15. The molecule has 1 aromatic carbocycles. The highest BCUT2D eigenvalue weighted by atomic mass is 35.5. The molecule has 0 saturated heterocycles. The Morgan fingerprint density at radius 3 is 2.87 bits per heavy atom. The van der Waals surface area contributed by atoms with Crippen molar-refractivity contribution >= 4 is 17.3 Å². The minimum Gasteiger partial charge on any atom is -0.381 e. The molecule has 0 heterocycles. The van der Waals surface area contributed by atoms with E-state index in [0.717, 1.165) is 19.3 Å². The summed E-state index contributed by atoms with van der Waals surface area (Å²) in [6.45, 7) is 0. The van der Waals surface area contributed by atoms with E-state index in [1.54, 1.807) is 6.07 Å². The number of nitrogens with one attached hydrogen (secondary N) is 1. The number of anilines is 1. The highest BCUT2D eigenvalue weighted by Crippen LogP contribution is 2.27. The van der Waals surface area contributed by atoms with Gasteiger partial charge in [-0.3, -0.25) is 0 Å². The van der Waals surface area contributed by atoms with Gasteiger partial charge in [0.05, 0.1) is 10.7 Å². The monoisotopic (exact) mass is 228 g/mol. The molecule has 2 atom stereocenters. The molecule has 2 nitrogen and oxygen atoms in total. The molecule has 4 heteroatoms. The highest BCUT2D eigenvalue weighted by molar-refractivity contribution is 6.33. The predicted octanol–water partition coefficient (Wildman–Crippen LogP) is 2.77. The molecule has 0 radical (unpaired) electrons. The van der Waals surface area contributed by atoms with Gasteiger partial charge < -0.3 is 11.1 Å². The van der Waals surface area contributed by atoms with Gasteiger partial charge in [-0.1, -0.05) is 11.6 Å². The summed E-state index contributed by atoms with van der Waals surface area (Å²) in [6, 6.07) is 4.92. The van der Waals surface area contributed by atoms with Gasteiger partial charge in [-0.25, -0.2) is 4.39 Å². The average Bonchev–Trinajstić information content (AvgIpc) is 2.58. The second kappa shape index (κ2) is 4.37. The summed E-state index contributed by atoms with van der Waals surface area (Å²) in [5.41, 5.74) is 6.46. The lowest BCUT2D eigenvalue weighted by atomic mass is 10.2. The lowest BCUT2D eigenvalue weighted by Crippen LogP contribution is -2.20. The van der Waals surface area contributed by atoms with E-state index in [-0.39, 0.29) is 11.9 Å². The molecule has 1 aliphatic carbocycles. The van der Waals surface area contributed by atoms with Crippen molar-refractivity contribution in [3.05, 3.63) is 29.0 Å². The number of nitrogens with two attached hydrogens (primary N) is 1. The number of benzene rings is 1. The van der Waals surface area contributed by atoms with Crippen LogP contribution in [0.25, 0.3) is 0 Å². The van der Waals surface area contributed by atoms with Crippen molar-refractivity contribution in [2.45, 2.75) is 31.3 Å². The topological polar surface area (TPSA) is 38.0 Å². The van der Waals surface area contributed by atoms with Gasteiger partial charge in [0.25, 0.3) is 0 Å². The van der Waals surface area contributed by atoms with Crippen LogP contribution in [0.3, 0.4) is 0 Å². The van der Waals surface area contributed by atoms with E-state index >= 15 is 0 Å². The van der Waals surface area contributed by atoms with Crippen LogP contribution in [0.5, 0.6) is 0 Å². The van der Waals surface area contributed by atoms with Crippen LogP contribution in [0.2, 0.25) is 5.02 Å². The molecule has 2 rings (SSSR count). The molecule has 15 heavy (non-hydrogen) atoms. The van der Waals surface area contributed by atoms with E-state index in [4.69, 9.17) is 17.3 Å². The molecule has 1 fully saturated rings. The highest BCUT2D eigenvalue weighted by Gasteiger charge is 2.21. The smallest absolute Gasteiger partial charge is 0.125 e. The van der Waals surface area contributed by atoms with Gasteiger partial charge >= 0.3 is 0 Å². The zero-order chi connectivity index (χ0) is 10.8. The fourth-order valence-electron chi connectivity index (χ4n) is 1.98. The van der Waals surface area contributed by atoms with Crippen LogP contribution in [0.1, 0.15) is 19.3 Å². The Labute approximate surface area is 93.6 Å². The minimum atomic E-state index is -0.274. The van der Waals surface area contributed by atoms with Gasteiger partial charge in [-0.2, -0.15) is 0 Å². The molecule has 1 aromatic rings. The lowest BCUT2D eigenvalue weighted by Gasteiger charge is -2.15. The fraction of sp³-hybridized carbons (Fsp3) is 0.455. The molecule has 0 aliphatic heterocycles. The van der Waals surface area contributed by atoms with Gasteiger partial charge in [0.1, 0.15) is 5.82 Å². The SMILES string of the molecule is NC1CCC(Nc2cc(F)ccc2Cl)C1. The maximum absolute atomic E-state index is 13.0. The summed E-state index contributed by atoms with van der Waals surface area (Å²) in [7, 11) is 0. The van der Waals surface area contributed by atoms with Crippen molar-refractivity contribution in [2.75, 3.05) is 5.32 Å². The number of rotatable bonds is 2. The van der Waals surface area contributed by atoms with Crippen LogP contribution in [0, 0.1) is 5.82 Å². The Morgan fingerprint density at radius 1 is 1.40 bits per heavy atom. The maximum Gasteiger partial charge on any atom is 0.125 e. The lowest BCUT2D eigenvalue weighted by molar-refractivity contribution is 0.627. The summed E-state index contributed by atoms with van der Waals surface area (Å²) in [4.78, 5) is 0. The van der Waals surface area contributed by atoms with Crippen molar-refractivity contribution in [1.82, 2.24) is 0 Å². The van der Waals surface area contributed by atoms with Crippen molar-refractivity contribution < 1.29 is 4.39 Å². The number of halogens is 2. The van der Waals surface area contributed by atoms with Crippen molar-refractivity contribution in [1.29, 1.82) is 0 Å². The Kier molecular flexibility index (Phi) is 3.12. The third-order valence-corrected chi connectivity index (χ3v) is 3.09. The molecule has 2 unspecified atom stereocenters. The van der Waals surface area contributed by atoms with Gasteiger partial charge in [-0.05, 0) is 37.5 Å². The predicted molar refractivity (Wildman–Crippen MR) is 60.6 cm³/mol. The van der Waals surface area contributed by atoms with Crippen LogP contribution in [-0.2, 0) is 0 Å². The molecule has 0 aromatic heterocycles. The maximum atomic E-state index is 13.0. The average molecular weight is 229 g/mol.